The molecule has 7 nitrogen and oxygen atoms in total. The lowest BCUT2D eigenvalue weighted by atomic mass is 10.1. The minimum atomic E-state index is -0.351. The van der Waals surface area contributed by atoms with Gasteiger partial charge in [0.15, 0.2) is 0 Å². The monoisotopic (exact) mass is 297 g/mol. The first-order chi connectivity index (χ1) is 10.6. The number of primary amides is 1. The molecule has 0 saturated carbocycles. The summed E-state index contributed by atoms with van der Waals surface area (Å²) in [5.41, 5.74) is 5.99. The van der Waals surface area contributed by atoms with Crippen LogP contribution in [0.25, 0.3) is 22.2 Å². The lowest BCUT2D eigenvalue weighted by molar-refractivity contribution is -0.117. The van der Waals surface area contributed by atoms with E-state index in [9.17, 15) is 4.79 Å². The number of pyridine rings is 1. The van der Waals surface area contributed by atoms with Crippen LogP contribution in [0.1, 0.15) is 12.3 Å². The van der Waals surface area contributed by atoms with Gasteiger partial charge in [-0.05, 0) is 17.5 Å². The van der Waals surface area contributed by atoms with E-state index in [0.717, 1.165) is 16.3 Å². The van der Waals surface area contributed by atoms with Crippen LogP contribution in [0.5, 0.6) is 0 Å². The van der Waals surface area contributed by atoms with Crippen LogP contribution in [0.2, 0.25) is 0 Å². The molecule has 112 valence electrons. The molecule has 0 bridgehead atoms. The molecule has 0 fully saturated rings. The van der Waals surface area contributed by atoms with Crippen LogP contribution in [0.15, 0.2) is 35.0 Å². The number of carbonyl (C=O) groups is 1. The molecule has 0 spiro atoms. The fraction of sp³-hybridized carbons (Fsp3) is 0.200. The molecule has 0 aliphatic rings. The van der Waals surface area contributed by atoms with Gasteiger partial charge in [-0.2, -0.15) is 4.98 Å². The van der Waals surface area contributed by atoms with Crippen LogP contribution in [-0.4, -0.2) is 27.6 Å². The number of rotatable bonds is 5. The number of nitrogens with one attached hydrogen (secondary N) is 1. The first kappa shape index (κ1) is 14.0. The summed E-state index contributed by atoms with van der Waals surface area (Å²) in [6, 6.07) is 7.76. The van der Waals surface area contributed by atoms with Gasteiger partial charge in [-0.1, -0.05) is 17.3 Å². The zero-order valence-electron chi connectivity index (χ0n) is 12.0. The van der Waals surface area contributed by atoms with Gasteiger partial charge in [0, 0.05) is 37.0 Å². The molecular formula is C15H15N5O2. The van der Waals surface area contributed by atoms with Gasteiger partial charge in [0.05, 0.1) is 0 Å². The number of hydrogen-bond acceptors (Lipinski definition) is 6. The second-order valence-corrected chi connectivity index (χ2v) is 4.88. The Balaban J connectivity index is 1.96. The maximum Gasteiger partial charge on any atom is 0.223 e. The summed E-state index contributed by atoms with van der Waals surface area (Å²) in [5, 5.41) is 9.00. The van der Waals surface area contributed by atoms with Crippen LogP contribution in [0, 0.1) is 6.92 Å². The third-order valence-electron chi connectivity index (χ3n) is 3.22. The molecule has 2 heterocycles. The van der Waals surface area contributed by atoms with Crippen molar-refractivity contribution in [2.45, 2.75) is 13.3 Å². The molecule has 3 aromatic rings. The number of carbonyl (C=O) groups excluding carboxylic acids is 1. The van der Waals surface area contributed by atoms with Crippen molar-refractivity contribution in [2.75, 3.05) is 11.9 Å². The van der Waals surface area contributed by atoms with Crippen molar-refractivity contribution in [1.82, 2.24) is 15.1 Å². The second-order valence-electron chi connectivity index (χ2n) is 4.88. The quantitative estimate of drug-likeness (QED) is 0.744. The summed E-state index contributed by atoms with van der Waals surface area (Å²) in [4.78, 5) is 19.4. The summed E-state index contributed by atoms with van der Waals surface area (Å²) in [6.07, 6.45) is 1.97. The van der Waals surface area contributed by atoms with E-state index in [-0.39, 0.29) is 12.3 Å². The van der Waals surface area contributed by atoms with Crippen LogP contribution in [0.4, 0.5) is 5.82 Å². The zero-order valence-corrected chi connectivity index (χ0v) is 12.0. The van der Waals surface area contributed by atoms with E-state index in [0.29, 0.717) is 24.1 Å². The number of amides is 1. The highest BCUT2D eigenvalue weighted by Gasteiger charge is 2.09. The number of nitrogens with zero attached hydrogens (tertiary/aromatic N) is 3. The largest absolute Gasteiger partial charge is 0.370 e. The normalized spacial score (nSPS) is 10.8. The average Bonchev–Trinajstić information content (AvgIpc) is 2.93. The lowest BCUT2D eigenvalue weighted by Crippen LogP contribution is -2.16. The Morgan fingerprint density at radius 2 is 2.23 bits per heavy atom. The molecule has 0 unspecified atom stereocenters. The smallest absolute Gasteiger partial charge is 0.223 e. The molecule has 1 aromatic carbocycles. The summed E-state index contributed by atoms with van der Waals surface area (Å²) >= 11 is 0. The van der Waals surface area contributed by atoms with Gasteiger partial charge in [-0.3, -0.25) is 4.79 Å². The van der Waals surface area contributed by atoms with Crippen molar-refractivity contribution >= 4 is 22.5 Å². The Kier molecular flexibility index (Phi) is 3.69. The van der Waals surface area contributed by atoms with E-state index in [1.165, 1.54) is 0 Å². The van der Waals surface area contributed by atoms with E-state index in [1.54, 1.807) is 13.1 Å². The van der Waals surface area contributed by atoms with Crippen molar-refractivity contribution in [3.63, 3.8) is 0 Å². The third kappa shape index (κ3) is 2.88. The minimum Gasteiger partial charge on any atom is -0.370 e. The SMILES string of the molecule is Cc1nc(-c2ccc3ccnc(NCCC(N)=O)c3c2)no1. The number of aromatic nitrogens is 3. The van der Waals surface area contributed by atoms with Gasteiger partial charge in [0.1, 0.15) is 5.82 Å². The zero-order chi connectivity index (χ0) is 15.5. The molecule has 0 atom stereocenters. The summed E-state index contributed by atoms with van der Waals surface area (Å²) in [6.45, 7) is 2.18. The predicted molar refractivity (Wildman–Crippen MR) is 82.1 cm³/mol. The van der Waals surface area contributed by atoms with Crippen LogP contribution in [0.3, 0.4) is 0 Å². The number of hydrogen-bond donors (Lipinski definition) is 2. The van der Waals surface area contributed by atoms with Gasteiger partial charge >= 0.3 is 0 Å². The maximum absolute atomic E-state index is 10.8. The molecule has 3 N–H and O–H groups in total. The molecule has 1 amide bonds. The second kappa shape index (κ2) is 5.80. The van der Waals surface area contributed by atoms with Crippen molar-refractivity contribution in [3.8, 4) is 11.4 Å². The topological polar surface area (TPSA) is 107 Å². The third-order valence-corrected chi connectivity index (χ3v) is 3.22. The van der Waals surface area contributed by atoms with Crippen LogP contribution in [-0.2, 0) is 4.79 Å². The maximum atomic E-state index is 10.8. The summed E-state index contributed by atoms with van der Waals surface area (Å²) < 4.78 is 5.01. The highest BCUT2D eigenvalue weighted by molar-refractivity contribution is 5.94. The lowest BCUT2D eigenvalue weighted by Gasteiger charge is -2.08. The highest BCUT2D eigenvalue weighted by atomic mass is 16.5. The van der Waals surface area contributed by atoms with Gasteiger partial charge in [-0.25, -0.2) is 4.98 Å². The number of fused-ring (bicyclic) bond motifs is 1. The van der Waals surface area contributed by atoms with Crippen molar-refractivity contribution in [2.24, 2.45) is 5.73 Å². The molecule has 0 aliphatic heterocycles. The standard InChI is InChI=1S/C15H15N5O2/c1-9-19-14(20-22-9)11-3-2-10-4-6-17-15(12(10)8-11)18-7-5-13(16)21/h2-4,6,8H,5,7H2,1H3,(H2,16,21)(H,17,18). The van der Waals surface area contributed by atoms with Crippen molar-refractivity contribution < 1.29 is 9.32 Å². The molecule has 22 heavy (non-hydrogen) atoms. The molecule has 0 saturated heterocycles. The first-order valence-corrected chi connectivity index (χ1v) is 6.85. The van der Waals surface area contributed by atoms with Crippen LogP contribution >= 0.6 is 0 Å². The van der Waals surface area contributed by atoms with E-state index in [2.05, 4.69) is 20.4 Å². The molecule has 7 heteroatoms. The fourth-order valence-electron chi connectivity index (χ4n) is 2.17. The fourth-order valence-corrected chi connectivity index (χ4v) is 2.17. The number of nitrogens with two attached hydrogens (primary N) is 1. The van der Waals surface area contributed by atoms with E-state index in [1.807, 2.05) is 24.3 Å². The van der Waals surface area contributed by atoms with E-state index >= 15 is 0 Å². The Morgan fingerprint density at radius 3 is 2.95 bits per heavy atom. The Labute approximate surface area is 126 Å². The van der Waals surface area contributed by atoms with Crippen molar-refractivity contribution in [1.29, 1.82) is 0 Å². The number of aryl methyl sites for hydroxylation is 1. The Hall–Kier alpha value is -2.96. The molecule has 0 aliphatic carbocycles. The predicted octanol–water partition coefficient (Wildman–Crippen LogP) is 1.88. The van der Waals surface area contributed by atoms with Gasteiger partial charge < -0.3 is 15.6 Å². The highest BCUT2D eigenvalue weighted by Crippen LogP contribution is 2.26. The molecular weight excluding hydrogens is 282 g/mol. The summed E-state index contributed by atoms with van der Waals surface area (Å²) in [7, 11) is 0. The van der Waals surface area contributed by atoms with Gasteiger partial charge in [0.25, 0.3) is 0 Å². The Bertz CT molecular complexity index is 828. The molecule has 0 radical (unpaired) electrons. The molecule has 2 aromatic heterocycles. The first-order valence-electron chi connectivity index (χ1n) is 6.85. The summed E-state index contributed by atoms with van der Waals surface area (Å²) in [5.74, 6) is 1.39. The Morgan fingerprint density at radius 1 is 1.36 bits per heavy atom. The molecule has 3 rings (SSSR count). The van der Waals surface area contributed by atoms with Crippen molar-refractivity contribution in [3.05, 3.63) is 36.4 Å². The average molecular weight is 297 g/mol. The van der Waals surface area contributed by atoms with E-state index < -0.39 is 0 Å². The van der Waals surface area contributed by atoms with Gasteiger partial charge in [-0.15, -0.1) is 0 Å². The van der Waals surface area contributed by atoms with Crippen LogP contribution < -0.4 is 11.1 Å². The van der Waals surface area contributed by atoms with E-state index in [4.69, 9.17) is 10.3 Å². The minimum absolute atomic E-state index is 0.252. The number of anilines is 1. The number of benzene rings is 1. The van der Waals surface area contributed by atoms with Gasteiger partial charge in [0.2, 0.25) is 17.6 Å².